The van der Waals surface area contributed by atoms with Crippen LogP contribution in [0.3, 0.4) is 0 Å². The molecular weight excluding hydrogens is 740 g/mol. The minimum absolute atomic E-state index is 0.0139. The Hall–Kier alpha value is -5.70. The van der Waals surface area contributed by atoms with Gasteiger partial charge in [0.2, 0.25) is 5.43 Å². The quantitative estimate of drug-likeness (QED) is 0.123. The van der Waals surface area contributed by atoms with Gasteiger partial charge in [-0.1, -0.05) is 5.16 Å². The number of carboxylic acids is 2. The van der Waals surface area contributed by atoms with Crippen LogP contribution in [0.1, 0.15) is 34.9 Å². The van der Waals surface area contributed by atoms with Gasteiger partial charge < -0.3 is 45.2 Å². The number of hydrogen-bond donors (Lipinski definition) is 4. The van der Waals surface area contributed by atoms with Crippen LogP contribution < -0.4 is 21.4 Å². The van der Waals surface area contributed by atoms with E-state index in [0.29, 0.717) is 16.3 Å². The number of carbonyl (C=O) groups is 5. The standard InChI is InChI=1S/C32H31FN8O10S2/c33-20-7-18-21(40(17-1-2-17)10-19(26(18)43)29(45)46)8-22(20)38-3-5-39(6-4-38)32(49)50-11-15-13-52-28-24(27(44)41(28)25(15)30(47)48)37-23(42)9-35-51-12-16-14-53-31(34)36-16/h7-10,14,17,24,28H,1-6,11-13H2,(H2,34,36)(H,37,42)(H,45,46)(H,47,48)/t24-,28-/m1/s1. The number of halogens is 1. The first kappa shape index (κ1) is 35.7. The summed E-state index contributed by atoms with van der Waals surface area (Å²) in [5, 5.41) is 26.8. The van der Waals surface area contributed by atoms with Crippen LogP contribution in [0.5, 0.6) is 0 Å². The first-order valence-corrected chi connectivity index (χ1v) is 18.2. The van der Waals surface area contributed by atoms with Crippen molar-refractivity contribution in [2.75, 3.05) is 49.2 Å². The number of thiazole rings is 1. The number of benzene rings is 1. The third-order valence-electron chi connectivity index (χ3n) is 9.09. The second kappa shape index (κ2) is 14.4. The number of nitrogen functional groups attached to an aromatic ring is 1. The number of nitrogens with one attached hydrogen (secondary N) is 1. The number of rotatable bonds is 11. The monoisotopic (exact) mass is 770 g/mol. The number of amides is 3. The molecule has 21 heteroatoms. The van der Waals surface area contributed by atoms with Gasteiger partial charge in [-0.05, 0) is 25.0 Å². The second-order valence-corrected chi connectivity index (χ2v) is 14.5. The molecule has 278 valence electrons. The summed E-state index contributed by atoms with van der Waals surface area (Å²) in [4.78, 5) is 88.2. The minimum atomic E-state index is -1.39. The molecule has 0 radical (unpaired) electrons. The average Bonchev–Trinajstić information content (AvgIpc) is 3.90. The van der Waals surface area contributed by atoms with Crippen LogP contribution >= 0.6 is 23.1 Å². The Labute approximate surface area is 306 Å². The highest BCUT2D eigenvalue weighted by atomic mass is 32.2. The summed E-state index contributed by atoms with van der Waals surface area (Å²) in [7, 11) is 0. The van der Waals surface area contributed by atoms with Crippen LogP contribution in [-0.4, -0.2) is 116 Å². The number of carbonyl (C=O) groups excluding carboxylic acids is 3. The van der Waals surface area contributed by atoms with Gasteiger partial charge >= 0.3 is 18.0 Å². The number of ether oxygens (including phenoxy) is 1. The van der Waals surface area contributed by atoms with Crippen molar-refractivity contribution in [3.63, 3.8) is 0 Å². The van der Waals surface area contributed by atoms with Crippen LogP contribution in [0, 0.1) is 5.82 Å². The molecule has 3 aromatic rings. The fraction of sp³-hybridized carbons (Fsp3) is 0.375. The van der Waals surface area contributed by atoms with Gasteiger partial charge in [0, 0.05) is 60.5 Å². The highest BCUT2D eigenvalue weighted by Gasteiger charge is 2.54. The van der Waals surface area contributed by atoms with Crippen molar-refractivity contribution in [1.29, 1.82) is 0 Å². The number of anilines is 2. The van der Waals surface area contributed by atoms with Crippen molar-refractivity contribution in [1.82, 2.24) is 24.7 Å². The molecule has 3 amide bonds. The Bertz CT molecular complexity index is 2160. The van der Waals surface area contributed by atoms with Gasteiger partial charge in [-0.3, -0.25) is 19.3 Å². The van der Waals surface area contributed by atoms with Crippen molar-refractivity contribution in [2.45, 2.75) is 36.9 Å². The number of aliphatic carboxylic acids is 1. The summed E-state index contributed by atoms with van der Waals surface area (Å²) in [5.41, 5.74) is 5.41. The first-order chi connectivity index (χ1) is 25.4. The van der Waals surface area contributed by atoms with E-state index in [4.69, 9.17) is 15.3 Å². The SMILES string of the molecule is Nc1nc(CON=CC(=O)N[C@@H]2C(=O)N3C(C(=O)O)=C(COC(=O)N4CCN(c5cc6c(cc5F)c(=O)c(C(=O)O)cn6C5CC5)CC4)CS[C@H]23)cs1. The number of nitrogens with zero attached hydrogens (tertiary/aromatic N) is 6. The Morgan fingerprint density at radius 2 is 1.85 bits per heavy atom. The van der Waals surface area contributed by atoms with E-state index in [1.807, 2.05) is 0 Å². The molecule has 18 nitrogen and oxygen atoms in total. The number of nitrogens with two attached hydrogens (primary N) is 1. The molecule has 7 rings (SSSR count). The van der Waals surface area contributed by atoms with Gasteiger partial charge in [-0.2, -0.15) is 0 Å². The van der Waals surface area contributed by atoms with E-state index in [1.54, 1.807) is 14.8 Å². The van der Waals surface area contributed by atoms with Gasteiger partial charge in [-0.15, -0.1) is 23.1 Å². The van der Waals surface area contributed by atoms with Crippen LogP contribution in [0.2, 0.25) is 0 Å². The van der Waals surface area contributed by atoms with Gasteiger partial charge in [0.25, 0.3) is 11.8 Å². The van der Waals surface area contributed by atoms with Gasteiger partial charge in [0.15, 0.2) is 11.7 Å². The molecule has 2 aromatic heterocycles. The van der Waals surface area contributed by atoms with E-state index < -0.39 is 64.7 Å². The number of oxime groups is 1. The molecule has 5 heterocycles. The normalized spacial score (nSPS) is 20.0. The smallest absolute Gasteiger partial charge is 0.410 e. The van der Waals surface area contributed by atoms with Crippen molar-refractivity contribution in [3.05, 3.63) is 62.3 Å². The molecule has 3 aliphatic heterocycles. The van der Waals surface area contributed by atoms with Crippen molar-refractivity contribution < 1.29 is 48.2 Å². The predicted molar refractivity (Wildman–Crippen MR) is 188 cm³/mol. The van der Waals surface area contributed by atoms with E-state index in [0.717, 1.165) is 30.0 Å². The zero-order valence-electron chi connectivity index (χ0n) is 27.6. The maximum Gasteiger partial charge on any atom is 0.410 e. The Morgan fingerprint density at radius 3 is 2.51 bits per heavy atom. The summed E-state index contributed by atoms with van der Waals surface area (Å²) in [6.45, 7) is 0.305. The molecule has 0 bridgehead atoms. The zero-order chi connectivity index (χ0) is 37.6. The molecular formula is C32H31FN8O10S2. The lowest BCUT2D eigenvalue weighted by Crippen LogP contribution is -2.70. The molecule has 0 spiro atoms. The van der Waals surface area contributed by atoms with Crippen molar-refractivity contribution in [2.24, 2.45) is 5.16 Å². The molecule has 1 aliphatic carbocycles. The number of β-lactam (4-membered cyclic amide) rings is 1. The number of aromatic carboxylic acids is 1. The maximum atomic E-state index is 15.4. The van der Waals surface area contributed by atoms with E-state index in [-0.39, 0.29) is 66.9 Å². The molecule has 4 aliphatic rings. The topological polar surface area (TPSA) is 239 Å². The largest absolute Gasteiger partial charge is 0.477 e. The zero-order valence-corrected chi connectivity index (χ0v) is 29.2. The number of pyridine rings is 1. The predicted octanol–water partition coefficient (Wildman–Crippen LogP) is 1.41. The Morgan fingerprint density at radius 1 is 1.09 bits per heavy atom. The van der Waals surface area contributed by atoms with E-state index in [1.165, 1.54) is 40.3 Å². The number of hydrogen-bond acceptors (Lipinski definition) is 14. The van der Waals surface area contributed by atoms with Gasteiger partial charge in [0.05, 0.1) is 16.9 Å². The first-order valence-electron chi connectivity index (χ1n) is 16.2. The summed E-state index contributed by atoms with van der Waals surface area (Å²) in [6, 6.07) is 1.60. The molecule has 53 heavy (non-hydrogen) atoms. The summed E-state index contributed by atoms with van der Waals surface area (Å²) in [5.74, 6) is -4.74. The molecule has 3 fully saturated rings. The van der Waals surface area contributed by atoms with E-state index in [2.05, 4.69) is 15.5 Å². The van der Waals surface area contributed by atoms with E-state index >= 15 is 4.39 Å². The second-order valence-electron chi connectivity index (χ2n) is 12.5. The number of aromatic nitrogens is 2. The van der Waals surface area contributed by atoms with Crippen molar-refractivity contribution >= 4 is 80.9 Å². The maximum absolute atomic E-state index is 15.4. The Balaban J connectivity index is 0.942. The fourth-order valence-electron chi connectivity index (χ4n) is 6.34. The lowest BCUT2D eigenvalue weighted by atomic mass is 10.0. The molecule has 2 atom stereocenters. The molecule has 2 saturated heterocycles. The average molecular weight is 771 g/mol. The molecule has 5 N–H and O–H groups in total. The van der Waals surface area contributed by atoms with Crippen LogP contribution in [0.15, 0.2) is 44.9 Å². The van der Waals surface area contributed by atoms with Crippen LogP contribution in [0.25, 0.3) is 10.9 Å². The molecule has 1 aromatic carbocycles. The molecule has 1 saturated carbocycles. The van der Waals surface area contributed by atoms with E-state index in [9.17, 15) is 39.0 Å². The highest BCUT2D eigenvalue weighted by molar-refractivity contribution is 8.00. The number of carboxylic acid groups (broad SMARTS) is 2. The van der Waals surface area contributed by atoms with Gasteiger partial charge in [0.1, 0.15) is 41.3 Å². The Kier molecular flexibility index (Phi) is 9.68. The van der Waals surface area contributed by atoms with Crippen LogP contribution in [0.4, 0.5) is 20.0 Å². The minimum Gasteiger partial charge on any atom is -0.477 e. The lowest BCUT2D eigenvalue weighted by molar-refractivity contribution is -0.150. The van der Waals surface area contributed by atoms with Gasteiger partial charge in [-0.25, -0.2) is 23.8 Å². The summed E-state index contributed by atoms with van der Waals surface area (Å²) < 4.78 is 22.6. The summed E-state index contributed by atoms with van der Waals surface area (Å²) >= 11 is 2.42. The number of piperazine rings is 1. The summed E-state index contributed by atoms with van der Waals surface area (Å²) in [6.07, 6.45) is 3.04. The third kappa shape index (κ3) is 7.08. The number of fused-ring (bicyclic) bond motifs is 2. The third-order valence-corrected chi connectivity index (χ3v) is 11.2. The number of thioether (sulfide) groups is 1. The fourth-order valence-corrected chi connectivity index (χ4v) is 8.22. The molecule has 0 unspecified atom stereocenters. The van der Waals surface area contributed by atoms with Crippen molar-refractivity contribution in [3.8, 4) is 0 Å². The lowest BCUT2D eigenvalue weighted by Gasteiger charge is -2.49. The highest BCUT2D eigenvalue weighted by Crippen LogP contribution is 2.41. The van der Waals surface area contributed by atoms with Crippen LogP contribution in [-0.2, 0) is 30.6 Å².